The summed E-state index contributed by atoms with van der Waals surface area (Å²) >= 11 is 0. The monoisotopic (exact) mass is 109 g/mol. The zero-order valence-corrected chi connectivity index (χ0v) is 5.65. The van der Waals surface area contributed by atoms with Crippen LogP contribution in [-0.4, -0.2) is 24.9 Å². The van der Waals surface area contributed by atoms with E-state index in [1.807, 2.05) is 4.81 Å². The second kappa shape index (κ2) is 1.76. The third-order valence-electron chi connectivity index (χ3n) is 1.97. The van der Waals surface area contributed by atoms with Gasteiger partial charge in [-0.3, -0.25) is 0 Å². The molecule has 2 heteroatoms. The van der Waals surface area contributed by atoms with Gasteiger partial charge in [-0.25, -0.2) is 0 Å². The lowest BCUT2D eigenvalue weighted by atomic mass is 10.00. The summed E-state index contributed by atoms with van der Waals surface area (Å²) in [7, 11) is 5.65. The summed E-state index contributed by atoms with van der Waals surface area (Å²) in [5.41, 5.74) is 0.264. The van der Waals surface area contributed by atoms with Crippen LogP contribution in [0.15, 0.2) is 0 Å². The second-order valence-corrected chi connectivity index (χ2v) is 3.11. The van der Waals surface area contributed by atoms with Crippen molar-refractivity contribution in [3.63, 3.8) is 0 Å². The van der Waals surface area contributed by atoms with Crippen LogP contribution in [0.2, 0.25) is 0 Å². The molecule has 1 aliphatic rings. The predicted octanol–water partition coefficient (Wildman–Crippen LogP) is 0.944. The summed E-state index contributed by atoms with van der Waals surface area (Å²) in [6.45, 7) is 5.42. The second-order valence-electron chi connectivity index (χ2n) is 3.11. The Hall–Kier alpha value is 0.0249. The van der Waals surface area contributed by atoms with E-state index in [-0.39, 0.29) is 5.54 Å². The van der Waals surface area contributed by atoms with E-state index in [9.17, 15) is 0 Å². The van der Waals surface area contributed by atoms with Crippen LogP contribution in [0.25, 0.3) is 0 Å². The van der Waals surface area contributed by atoms with Gasteiger partial charge in [-0.05, 0) is 33.2 Å². The first-order valence-corrected chi connectivity index (χ1v) is 3.15. The largest absolute Gasteiger partial charge is 0.349 e. The van der Waals surface area contributed by atoms with Crippen molar-refractivity contribution in [3.05, 3.63) is 0 Å². The van der Waals surface area contributed by atoms with Crippen LogP contribution < -0.4 is 0 Å². The maximum absolute atomic E-state index is 5.65. The SMILES string of the molecule is [B]N1CCCC1(C)C. The molecular formula is C6H12BN. The molecule has 0 amide bonds. The van der Waals surface area contributed by atoms with Crippen molar-refractivity contribution in [1.29, 1.82) is 0 Å². The summed E-state index contributed by atoms with van der Waals surface area (Å²) in [5.74, 6) is 0. The third-order valence-corrected chi connectivity index (χ3v) is 1.97. The molecule has 1 heterocycles. The smallest absolute Gasteiger partial charge is 0.183 e. The highest BCUT2D eigenvalue weighted by atomic mass is 15.1. The Morgan fingerprint density at radius 1 is 1.50 bits per heavy atom. The van der Waals surface area contributed by atoms with Crippen molar-refractivity contribution >= 4 is 7.98 Å². The first-order chi connectivity index (χ1) is 3.63. The van der Waals surface area contributed by atoms with Gasteiger partial charge in [-0.2, -0.15) is 0 Å². The van der Waals surface area contributed by atoms with E-state index >= 15 is 0 Å². The van der Waals surface area contributed by atoms with E-state index in [4.69, 9.17) is 7.98 Å². The molecule has 0 aromatic rings. The molecule has 0 unspecified atom stereocenters. The molecule has 1 saturated heterocycles. The summed E-state index contributed by atoms with van der Waals surface area (Å²) < 4.78 is 0. The van der Waals surface area contributed by atoms with Gasteiger partial charge in [0.25, 0.3) is 0 Å². The number of hydrogen-bond donors (Lipinski definition) is 0. The topological polar surface area (TPSA) is 3.24 Å². The first-order valence-electron chi connectivity index (χ1n) is 3.15. The van der Waals surface area contributed by atoms with Crippen LogP contribution in [0.4, 0.5) is 0 Å². The lowest BCUT2D eigenvalue weighted by Gasteiger charge is -2.27. The fraction of sp³-hybridized carbons (Fsp3) is 1.00. The van der Waals surface area contributed by atoms with Gasteiger partial charge in [-0.1, -0.05) is 0 Å². The molecule has 0 bridgehead atoms. The van der Waals surface area contributed by atoms with Crippen LogP contribution in [0.1, 0.15) is 26.7 Å². The van der Waals surface area contributed by atoms with Gasteiger partial charge in [0, 0.05) is 5.54 Å². The van der Waals surface area contributed by atoms with E-state index in [0.717, 1.165) is 6.54 Å². The maximum atomic E-state index is 5.65. The Balaban J connectivity index is 2.54. The summed E-state index contributed by atoms with van der Waals surface area (Å²) in [4.78, 5) is 1.92. The highest BCUT2D eigenvalue weighted by molar-refractivity contribution is 6.05. The Labute approximate surface area is 52.5 Å². The summed E-state index contributed by atoms with van der Waals surface area (Å²) in [6, 6.07) is 0. The van der Waals surface area contributed by atoms with Gasteiger partial charge >= 0.3 is 0 Å². The summed E-state index contributed by atoms with van der Waals surface area (Å²) in [6.07, 6.45) is 2.49. The van der Waals surface area contributed by atoms with Gasteiger partial charge in [0.1, 0.15) is 0 Å². The third kappa shape index (κ3) is 0.897. The van der Waals surface area contributed by atoms with E-state index in [0.29, 0.717) is 0 Å². The molecule has 0 spiro atoms. The van der Waals surface area contributed by atoms with Crippen molar-refractivity contribution in [2.24, 2.45) is 0 Å². The molecule has 0 aliphatic carbocycles. The van der Waals surface area contributed by atoms with Crippen LogP contribution in [0.3, 0.4) is 0 Å². The minimum absolute atomic E-state index is 0.264. The molecule has 0 aromatic carbocycles. The quantitative estimate of drug-likeness (QED) is 0.418. The van der Waals surface area contributed by atoms with Crippen LogP contribution in [0, 0.1) is 0 Å². The fourth-order valence-corrected chi connectivity index (χ4v) is 1.13. The Morgan fingerprint density at radius 2 is 2.12 bits per heavy atom. The minimum Gasteiger partial charge on any atom is -0.349 e. The van der Waals surface area contributed by atoms with Crippen molar-refractivity contribution in [3.8, 4) is 0 Å². The number of nitrogens with zero attached hydrogens (tertiary/aromatic N) is 1. The molecule has 1 fully saturated rings. The number of rotatable bonds is 0. The number of hydrogen-bond acceptors (Lipinski definition) is 1. The van der Waals surface area contributed by atoms with Crippen LogP contribution in [-0.2, 0) is 0 Å². The average molecular weight is 109 g/mol. The van der Waals surface area contributed by atoms with Gasteiger partial charge in [0.15, 0.2) is 7.98 Å². The van der Waals surface area contributed by atoms with E-state index < -0.39 is 0 Å². The zero-order chi connectivity index (χ0) is 6.20. The molecular weight excluding hydrogens is 96.9 g/mol. The van der Waals surface area contributed by atoms with E-state index in [1.165, 1.54) is 12.8 Å². The molecule has 2 radical (unpaired) electrons. The molecule has 1 rings (SSSR count). The molecule has 0 atom stereocenters. The Kier molecular flexibility index (Phi) is 1.36. The lowest BCUT2D eigenvalue weighted by molar-refractivity contribution is 0.306. The maximum Gasteiger partial charge on any atom is 0.183 e. The minimum atomic E-state index is 0.264. The van der Waals surface area contributed by atoms with E-state index in [2.05, 4.69) is 13.8 Å². The standard InChI is InChI=1S/C6H12BN/c1-6(2)4-3-5-8(6)7/h3-5H2,1-2H3. The van der Waals surface area contributed by atoms with Crippen LogP contribution in [0.5, 0.6) is 0 Å². The highest BCUT2D eigenvalue weighted by Gasteiger charge is 2.27. The van der Waals surface area contributed by atoms with Gasteiger partial charge < -0.3 is 4.81 Å². The normalized spacial score (nSPS) is 28.8. The Bertz CT molecular complexity index is 90.5. The molecule has 44 valence electrons. The lowest BCUT2D eigenvalue weighted by Crippen LogP contribution is -2.35. The summed E-state index contributed by atoms with van der Waals surface area (Å²) in [5, 5.41) is 0. The first kappa shape index (κ1) is 6.15. The fourth-order valence-electron chi connectivity index (χ4n) is 1.13. The van der Waals surface area contributed by atoms with Crippen molar-refractivity contribution in [2.75, 3.05) is 6.54 Å². The molecule has 0 N–H and O–H groups in total. The van der Waals surface area contributed by atoms with Crippen LogP contribution >= 0.6 is 0 Å². The predicted molar refractivity (Wildman–Crippen MR) is 35.8 cm³/mol. The highest BCUT2D eigenvalue weighted by Crippen LogP contribution is 2.24. The van der Waals surface area contributed by atoms with Crippen molar-refractivity contribution in [2.45, 2.75) is 32.2 Å². The van der Waals surface area contributed by atoms with Gasteiger partial charge in [0.2, 0.25) is 0 Å². The van der Waals surface area contributed by atoms with Crippen molar-refractivity contribution in [1.82, 2.24) is 4.81 Å². The molecule has 8 heavy (non-hydrogen) atoms. The zero-order valence-electron chi connectivity index (χ0n) is 5.65. The van der Waals surface area contributed by atoms with Gasteiger partial charge in [0.05, 0.1) is 0 Å². The van der Waals surface area contributed by atoms with Gasteiger partial charge in [-0.15, -0.1) is 0 Å². The average Bonchev–Trinajstić information content (AvgIpc) is 1.86. The Morgan fingerprint density at radius 3 is 2.25 bits per heavy atom. The molecule has 1 aliphatic heterocycles. The molecule has 1 nitrogen and oxygen atoms in total. The van der Waals surface area contributed by atoms with E-state index in [1.54, 1.807) is 0 Å². The molecule has 0 saturated carbocycles. The molecule has 0 aromatic heterocycles. The van der Waals surface area contributed by atoms with Crippen molar-refractivity contribution < 1.29 is 0 Å².